The minimum atomic E-state index is -0.181. The van der Waals surface area contributed by atoms with Crippen molar-refractivity contribution >= 4 is 22.8 Å². The Bertz CT molecular complexity index is 626. The number of halogens is 1. The number of nitrogens with zero attached hydrogens (tertiary/aromatic N) is 5. The number of alkyl halides is 1. The maximum Gasteiger partial charge on any atom is 0.245 e. The largest absolute Gasteiger partial charge is 0.479 e. The van der Waals surface area contributed by atoms with Crippen LogP contribution in [0.3, 0.4) is 0 Å². The molecule has 1 aliphatic heterocycles. The van der Waals surface area contributed by atoms with E-state index in [1.165, 1.54) is 6.33 Å². The van der Waals surface area contributed by atoms with E-state index in [-0.39, 0.29) is 5.38 Å². The molecule has 0 radical (unpaired) electrons. The molecule has 2 aromatic heterocycles. The fourth-order valence-corrected chi connectivity index (χ4v) is 2.97. The smallest absolute Gasteiger partial charge is 0.245 e. The number of methoxy groups -OCH3 is 1. The fourth-order valence-electron chi connectivity index (χ4n) is 2.82. The highest BCUT2D eigenvalue weighted by Gasteiger charge is 2.28. The zero-order valence-corrected chi connectivity index (χ0v) is 12.6. The molecule has 0 aliphatic carbocycles. The van der Waals surface area contributed by atoms with Gasteiger partial charge in [-0.1, -0.05) is 0 Å². The Kier molecular flexibility index (Phi) is 3.52. The summed E-state index contributed by atoms with van der Waals surface area (Å²) in [5, 5.41) is -0.181. The van der Waals surface area contributed by atoms with E-state index in [0.717, 1.165) is 31.0 Å². The molecule has 3 heterocycles. The van der Waals surface area contributed by atoms with Gasteiger partial charge in [0.05, 0.1) is 18.5 Å². The van der Waals surface area contributed by atoms with Crippen LogP contribution in [0.2, 0.25) is 0 Å². The maximum atomic E-state index is 6.30. The minimum absolute atomic E-state index is 0.181. The van der Waals surface area contributed by atoms with Crippen molar-refractivity contribution in [2.24, 2.45) is 0 Å². The highest BCUT2D eigenvalue weighted by atomic mass is 35.5. The van der Waals surface area contributed by atoms with Crippen LogP contribution >= 0.6 is 11.6 Å². The van der Waals surface area contributed by atoms with E-state index >= 15 is 0 Å². The highest BCUT2D eigenvalue weighted by Crippen LogP contribution is 2.33. The van der Waals surface area contributed by atoms with Crippen LogP contribution in [0.1, 0.15) is 30.6 Å². The van der Waals surface area contributed by atoms with Gasteiger partial charge in [0.15, 0.2) is 11.2 Å². The first-order chi connectivity index (χ1) is 9.61. The van der Waals surface area contributed by atoms with Crippen LogP contribution in [0.5, 0.6) is 5.88 Å². The Labute approximate surface area is 122 Å². The summed E-state index contributed by atoms with van der Waals surface area (Å²) in [7, 11) is 3.71. The van der Waals surface area contributed by atoms with Gasteiger partial charge in [0.25, 0.3) is 0 Å². The number of aromatic nitrogens is 4. The molecule has 2 atom stereocenters. The van der Waals surface area contributed by atoms with Gasteiger partial charge < -0.3 is 14.2 Å². The van der Waals surface area contributed by atoms with Crippen molar-refractivity contribution in [3.05, 3.63) is 12.2 Å². The molecule has 1 saturated heterocycles. The minimum Gasteiger partial charge on any atom is -0.479 e. The third-order valence-corrected chi connectivity index (χ3v) is 3.95. The summed E-state index contributed by atoms with van der Waals surface area (Å²) >= 11 is 6.30. The van der Waals surface area contributed by atoms with Crippen LogP contribution in [-0.2, 0) is 0 Å². The van der Waals surface area contributed by atoms with E-state index in [9.17, 15) is 0 Å². The second-order valence-corrected chi connectivity index (χ2v) is 5.87. The van der Waals surface area contributed by atoms with E-state index in [4.69, 9.17) is 16.3 Å². The summed E-state index contributed by atoms with van der Waals surface area (Å²) in [5.41, 5.74) is 1.49. The van der Waals surface area contributed by atoms with Crippen LogP contribution in [0.25, 0.3) is 11.2 Å². The number of imidazole rings is 1. The molecule has 0 spiro atoms. The molecule has 2 aromatic rings. The van der Waals surface area contributed by atoms with Crippen molar-refractivity contribution < 1.29 is 4.74 Å². The van der Waals surface area contributed by atoms with Gasteiger partial charge in [-0.05, 0) is 26.9 Å². The molecular weight excluding hydrogens is 278 g/mol. The third kappa shape index (κ3) is 2.13. The number of rotatable bonds is 3. The Balaban J connectivity index is 2.19. The number of likely N-dealkylation sites (tertiary alicyclic amines) is 1. The topological polar surface area (TPSA) is 56.1 Å². The lowest BCUT2D eigenvalue weighted by atomic mass is 10.2. The molecule has 6 nitrogen and oxygen atoms in total. The van der Waals surface area contributed by atoms with Crippen LogP contribution in [0, 0.1) is 0 Å². The first-order valence-electron chi connectivity index (χ1n) is 6.71. The predicted molar refractivity (Wildman–Crippen MR) is 77.3 cm³/mol. The molecule has 20 heavy (non-hydrogen) atoms. The van der Waals surface area contributed by atoms with Crippen LogP contribution in [-0.4, -0.2) is 51.7 Å². The molecule has 0 aromatic carbocycles. The second-order valence-electron chi connectivity index (χ2n) is 5.22. The van der Waals surface area contributed by atoms with Crippen molar-refractivity contribution in [1.82, 2.24) is 24.4 Å². The van der Waals surface area contributed by atoms with Gasteiger partial charge in [-0.15, -0.1) is 11.6 Å². The predicted octanol–water partition coefficient (Wildman–Crippen LogP) is 2.01. The Morgan fingerprint density at radius 2 is 2.25 bits per heavy atom. The monoisotopic (exact) mass is 295 g/mol. The van der Waals surface area contributed by atoms with Gasteiger partial charge in [0.2, 0.25) is 5.88 Å². The normalized spacial score (nSPS) is 21.5. The fraction of sp³-hybridized carbons (Fsp3) is 0.615. The zero-order valence-electron chi connectivity index (χ0n) is 11.9. The lowest BCUT2D eigenvalue weighted by molar-refractivity contribution is 0.391. The van der Waals surface area contributed by atoms with Crippen LogP contribution < -0.4 is 4.74 Å². The molecule has 1 fully saturated rings. The number of hydrogen-bond acceptors (Lipinski definition) is 5. The summed E-state index contributed by atoms with van der Waals surface area (Å²) in [5.74, 6) is 1.33. The van der Waals surface area contributed by atoms with E-state index in [2.05, 4.69) is 31.5 Å². The molecule has 0 bridgehead atoms. The standard InChI is InChI=1S/C13H18ClN5O/c1-8(14)11-17-10-12(15-7-16-13(10)20-3)19(11)9-4-5-18(2)6-9/h7-9H,4-6H2,1-3H3. The molecule has 0 saturated carbocycles. The summed E-state index contributed by atoms with van der Waals surface area (Å²) in [6.45, 7) is 3.98. The molecule has 0 amide bonds. The third-order valence-electron chi connectivity index (χ3n) is 3.75. The Morgan fingerprint density at radius 3 is 2.85 bits per heavy atom. The SMILES string of the molecule is COc1ncnc2c1nc(C(C)Cl)n2C1CCN(C)C1. The summed E-state index contributed by atoms with van der Waals surface area (Å²) in [6, 6.07) is 0.348. The van der Waals surface area contributed by atoms with Crippen molar-refractivity contribution in [2.75, 3.05) is 27.2 Å². The van der Waals surface area contributed by atoms with E-state index in [1.807, 2.05) is 6.92 Å². The van der Waals surface area contributed by atoms with Gasteiger partial charge >= 0.3 is 0 Å². The first kappa shape index (κ1) is 13.6. The summed E-state index contributed by atoms with van der Waals surface area (Å²) < 4.78 is 7.43. The van der Waals surface area contributed by atoms with Gasteiger partial charge in [-0.2, -0.15) is 4.98 Å². The molecular formula is C13H18ClN5O. The molecule has 3 rings (SSSR count). The van der Waals surface area contributed by atoms with E-state index < -0.39 is 0 Å². The van der Waals surface area contributed by atoms with E-state index in [0.29, 0.717) is 17.4 Å². The second kappa shape index (κ2) is 5.18. The van der Waals surface area contributed by atoms with Gasteiger partial charge in [0.1, 0.15) is 12.2 Å². The number of fused-ring (bicyclic) bond motifs is 1. The van der Waals surface area contributed by atoms with Gasteiger partial charge in [-0.3, -0.25) is 0 Å². The number of ether oxygens (including phenoxy) is 1. The zero-order chi connectivity index (χ0) is 14.3. The average Bonchev–Trinajstić information content (AvgIpc) is 3.01. The van der Waals surface area contributed by atoms with Crippen molar-refractivity contribution in [3.63, 3.8) is 0 Å². The molecule has 1 aliphatic rings. The Morgan fingerprint density at radius 1 is 1.45 bits per heavy atom. The van der Waals surface area contributed by atoms with Crippen LogP contribution in [0.15, 0.2) is 6.33 Å². The summed E-state index contributed by atoms with van der Waals surface area (Å²) in [4.78, 5) is 15.4. The molecule has 2 unspecified atom stereocenters. The lowest BCUT2D eigenvalue weighted by Gasteiger charge is -2.17. The molecule has 0 N–H and O–H groups in total. The van der Waals surface area contributed by atoms with Crippen molar-refractivity contribution in [1.29, 1.82) is 0 Å². The molecule has 7 heteroatoms. The van der Waals surface area contributed by atoms with Crippen LogP contribution in [0.4, 0.5) is 0 Å². The first-order valence-corrected chi connectivity index (χ1v) is 7.15. The van der Waals surface area contributed by atoms with Crippen molar-refractivity contribution in [3.8, 4) is 5.88 Å². The number of likely N-dealkylation sites (N-methyl/N-ethyl adjacent to an activating group) is 1. The average molecular weight is 296 g/mol. The van der Waals surface area contributed by atoms with Crippen molar-refractivity contribution in [2.45, 2.75) is 24.8 Å². The quantitative estimate of drug-likeness (QED) is 0.811. The van der Waals surface area contributed by atoms with Gasteiger partial charge in [0, 0.05) is 6.54 Å². The van der Waals surface area contributed by atoms with E-state index in [1.54, 1.807) is 7.11 Å². The summed E-state index contributed by atoms with van der Waals surface area (Å²) in [6.07, 6.45) is 2.59. The Hall–Kier alpha value is -1.40. The number of hydrogen-bond donors (Lipinski definition) is 0. The molecule has 108 valence electrons. The van der Waals surface area contributed by atoms with Gasteiger partial charge in [-0.25, -0.2) is 9.97 Å². The highest BCUT2D eigenvalue weighted by molar-refractivity contribution is 6.20. The lowest BCUT2D eigenvalue weighted by Crippen LogP contribution is -2.18. The maximum absolute atomic E-state index is 6.30.